The summed E-state index contributed by atoms with van der Waals surface area (Å²) in [6, 6.07) is -0.959. The van der Waals surface area contributed by atoms with Crippen LogP contribution in [0.3, 0.4) is 0 Å². The number of ether oxygens (including phenoxy) is 6. The van der Waals surface area contributed by atoms with Gasteiger partial charge in [-0.05, 0) is 71.4 Å². The number of carbonyl (C=O) groups is 3. The zero-order valence-corrected chi connectivity index (χ0v) is 32.5. The van der Waals surface area contributed by atoms with Crippen LogP contribution in [-0.4, -0.2) is 94.5 Å². The Morgan fingerprint density at radius 3 is 2.27 bits per heavy atom. The van der Waals surface area contributed by atoms with Crippen molar-refractivity contribution in [1.29, 1.82) is 0 Å². The number of carbonyl (C=O) groups excluding carboxylic acids is 3. The first-order valence-electron chi connectivity index (χ1n) is 18.5. The number of hydrogen-bond acceptors (Lipinski definition) is 11. The van der Waals surface area contributed by atoms with Crippen molar-refractivity contribution in [3.8, 4) is 0 Å². The molecule has 0 bridgehead atoms. The van der Waals surface area contributed by atoms with Crippen molar-refractivity contribution in [3.63, 3.8) is 0 Å². The van der Waals surface area contributed by atoms with E-state index in [0.717, 1.165) is 11.1 Å². The minimum absolute atomic E-state index is 0.0332. The van der Waals surface area contributed by atoms with Gasteiger partial charge in [0.1, 0.15) is 17.8 Å². The Morgan fingerprint density at radius 2 is 1.76 bits per heavy atom. The van der Waals surface area contributed by atoms with Gasteiger partial charge >= 0.3 is 18.0 Å². The van der Waals surface area contributed by atoms with Gasteiger partial charge in [-0.3, -0.25) is 4.79 Å². The van der Waals surface area contributed by atoms with E-state index in [1.54, 1.807) is 40.7 Å². The molecule has 51 heavy (non-hydrogen) atoms. The molecule has 0 spiro atoms. The summed E-state index contributed by atoms with van der Waals surface area (Å²) in [5.74, 6) is -2.33. The number of esters is 2. The summed E-state index contributed by atoms with van der Waals surface area (Å²) in [6.45, 7) is 26.4. The van der Waals surface area contributed by atoms with Gasteiger partial charge in [-0.15, -0.1) is 0 Å². The van der Waals surface area contributed by atoms with Crippen molar-refractivity contribution in [3.05, 3.63) is 23.8 Å². The monoisotopic (exact) mass is 719 g/mol. The van der Waals surface area contributed by atoms with Crippen LogP contribution in [0.1, 0.15) is 102 Å². The molecule has 2 saturated carbocycles. The molecular formula is C39H61NO11. The molecule has 3 unspecified atom stereocenters. The fourth-order valence-electron chi connectivity index (χ4n) is 10.9. The molecule has 2 aliphatic heterocycles. The van der Waals surface area contributed by atoms with Crippen LogP contribution in [0.25, 0.3) is 0 Å². The van der Waals surface area contributed by atoms with Crippen LogP contribution in [0, 0.1) is 34.5 Å². The fraction of sp³-hybridized carbons (Fsp3) is 0.821. The molecule has 2 heterocycles. The standard InChI is InChI=1S/C39H61NO11/c1-14-28-48-26-16-27-39(18-46-27,50-23(7)41)31-22(6)38(36(11,12)45)17-25(20(4)29(38)21(5)32(49-28)37(26,31)13)47-33(43)30(42)24(15-19(2)3)40-34(44)51-35(8,9)10/h14,19,21-22,24-28,30-32,42,45H,1,15-18H2,2-13H3,(H,40,44)/t21-,22-,24-,25?,26-,27+,28?,30?,31-,32-,37+,38+,39-/m0/s1. The second-order valence-corrected chi connectivity index (χ2v) is 17.9. The molecule has 1 amide bonds. The largest absolute Gasteiger partial charge is 0.456 e. The second-order valence-electron chi connectivity index (χ2n) is 17.9. The summed E-state index contributed by atoms with van der Waals surface area (Å²) in [5, 5.41) is 26.5. The van der Waals surface area contributed by atoms with E-state index in [-0.39, 0.29) is 36.9 Å². The number of amides is 1. The highest BCUT2D eigenvalue weighted by atomic mass is 16.7. The van der Waals surface area contributed by atoms with Gasteiger partial charge in [0.25, 0.3) is 0 Å². The van der Waals surface area contributed by atoms with Crippen LogP contribution in [0.4, 0.5) is 4.79 Å². The Kier molecular flexibility index (Phi) is 10.4. The molecule has 4 fully saturated rings. The predicted octanol–water partition coefficient (Wildman–Crippen LogP) is 4.98. The van der Waals surface area contributed by atoms with E-state index in [1.165, 1.54) is 6.92 Å². The van der Waals surface area contributed by atoms with Gasteiger partial charge < -0.3 is 44.0 Å². The normalized spacial score (nSPS) is 40.1. The van der Waals surface area contributed by atoms with Gasteiger partial charge in [-0.25, -0.2) is 9.59 Å². The number of aliphatic hydroxyl groups is 2. The van der Waals surface area contributed by atoms with E-state index in [0.29, 0.717) is 12.8 Å². The van der Waals surface area contributed by atoms with Crippen molar-refractivity contribution in [2.75, 3.05) is 6.61 Å². The summed E-state index contributed by atoms with van der Waals surface area (Å²) in [6.07, 6.45) is -2.45. The van der Waals surface area contributed by atoms with Crippen LogP contribution in [-0.2, 0) is 38.0 Å². The molecule has 3 N–H and O–H groups in total. The van der Waals surface area contributed by atoms with Crippen LogP contribution in [0.2, 0.25) is 0 Å². The van der Waals surface area contributed by atoms with Crippen molar-refractivity contribution >= 4 is 18.0 Å². The molecule has 0 aromatic carbocycles. The van der Waals surface area contributed by atoms with Crippen LogP contribution < -0.4 is 5.32 Å². The molecule has 0 aromatic rings. The van der Waals surface area contributed by atoms with E-state index in [1.807, 2.05) is 20.8 Å². The average molecular weight is 720 g/mol. The lowest BCUT2D eigenvalue weighted by Gasteiger charge is -2.68. The first-order chi connectivity index (χ1) is 23.4. The molecule has 12 heteroatoms. The number of hydrogen-bond donors (Lipinski definition) is 3. The first-order valence-corrected chi connectivity index (χ1v) is 18.5. The minimum atomic E-state index is -1.68. The van der Waals surface area contributed by atoms with Gasteiger partial charge in [-0.2, -0.15) is 0 Å². The maximum Gasteiger partial charge on any atom is 0.407 e. The quantitative estimate of drug-likeness (QED) is 0.168. The second kappa shape index (κ2) is 13.4. The summed E-state index contributed by atoms with van der Waals surface area (Å²) < 4.78 is 37.3. The smallest absolute Gasteiger partial charge is 0.407 e. The third kappa shape index (κ3) is 6.44. The molecular weight excluding hydrogens is 658 g/mol. The van der Waals surface area contributed by atoms with Gasteiger partial charge in [0.15, 0.2) is 18.0 Å². The Hall–Kier alpha value is -2.51. The maximum atomic E-state index is 13.9. The zero-order chi connectivity index (χ0) is 38.2. The zero-order valence-electron chi connectivity index (χ0n) is 32.5. The predicted molar refractivity (Wildman–Crippen MR) is 187 cm³/mol. The molecule has 3 aliphatic carbocycles. The Balaban J connectivity index is 1.58. The number of nitrogens with one attached hydrogen (secondary N) is 1. The van der Waals surface area contributed by atoms with Crippen molar-refractivity contribution in [2.45, 2.75) is 162 Å². The number of alkyl carbamates (subject to hydrolysis) is 1. The fourth-order valence-corrected chi connectivity index (χ4v) is 10.9. The minimum Gasteiger partial charge on any atom is -0.456 e. The number of fused-ring (bicyclic) bond motifs is 3. The third-order valence-electron chi connectivity index (χ3n) is 12.6. The summed E-state index contributed by atoms with van der Waals surface area (Å²) in [5.41, 5.74) is -3.11. The number of rotatable bonds is 9. The summed E-state index contributed by atoms with van der Waals surface area (Å²) in [7, 11) is 0. The Labute approximate surface area is 303 Å². The van der Waals surface area contributed by atoms with Crippen molar-refractivity contribution in [1.82, 2.24) is 5.32 Å². The molecule has 2 saturated heterocycles. The molecule has 0 radical (unpaired) electrons. The lowest BCUT2D eigenvalue weighted by Crippen LogP contribution is -2.78. The SMILES string of the molecule is C=CC1O[C@H]2C[C@H]3OC[C@@]3(OC(C)=O)[C@H]3[C@H](C)[C@]4(C(C)(C)O)CC(OC(=O)C(O)[C@H](CC(C)C)NC(=O)OC(C)(C)C)C(C)=C4[C@H](C)[C@H](O1)[C@]23C. The van der Waals surface area contributed by atoms with Crippen LogP contribution in [0.15, 0.2) is 23.8 Å². The van der Waals surface area contributed by atoms with Crippen LogP contribution in [0.5, 0.6) is 0 Å². The summed E-state index contributed by atoms with van der Waals surface area (Å²) in [4.78, 5) is 39.4. The molecule has 13 atom stereocenters. The van der Waals surface area contributed by atoms with Crippen molar-refractivity contribution in [2.24, 2.45) is 34.5 Å². The molecule has 12 nitrogen and oxygen atoms in total. The molecule has 0 aromatic heterocycles. The summed E-state index contributed by atoms with van der Waals surface area (Å²) >= 11 is 0. The van der Waals surface area contributed by atoms with E-state index >= 15 is 0 Å². The first kappa shape index (κ1) is 39.7. The van der Waals surface area contributed by atoms with E-state index in [4.69, 9.17) is 28.4 Å². The van der Waals surface area contributed by atoms with Gasteiger partial charge in [0, 0.05) is 42.4 Å². The highest BCUT2D eigenvalue weighted by Crippen LogP contribution is 2.71. The highest BCUT2D eigenvalue weighted by Gasteiger charge is 2.78. The lowest BCUT2D eigenvalue weighted by molar-refractivity contribution is -0.387. The topological polar surface area (TPSA) is 159 Å². The van der Waals surface area contributed by atoms with Gasteiger partial charge in [-0.1, -0.05) is 46.8 Å². The van der Waals surface area contributed by atoms with E-state index in [9.17, 15) is 24.6 Å². The average Bonchev–Trinajstić information content (AvgIpc) is 3.25. The third-order valence-corrected chi connectivity index (χ3v) is 12.6. The highest BCUT2D eigenvalue weighted by molar-refractivity contribution is 5.77. The van der Waals surface area contributed by atoms with Gasteiger partial charge in [0.05, 0.1) is 30.5 Å². The molecule has 288 valence electrons. The van der Waals surface area contributed by atoms with E-state index < -0.39 is 88.3 Å². The Bertz CT molecular complexity index is 1430. The van der Waals surface area contributed by atoms with Crippen LogP contribution >= 0.6 is 0 Å². The molecule has 5 rings (SSSR count). The van der Waals surface area contributed by atoms with E-state index in [2.05, 4.69) is 32.7 Å². The van der Waals surface area contributed by atoms with Crippen molar-refractivity contribution < 1.29 is 53.0 Å². The van der Waals surface area contributed by atoms with Gasteiger partial charge in [0.2, 0.25) is 0 Å². The lowest BCUT2D eigenvalue weighted by atomic mass is 9.47. The molecule has 5 aliphatic rings. The number of aliphatic hydroxyl groups excluding tert-OH is 1. The Morgan fingerprint density at radius 1 is 1.12 bits per heavy atom. The maximum absolute atomic E-state index is 13.9.